The minimum Gasteiger partial charge on any atom is -0.507 e. The Labute approximate surface area is 154 Å². The van der Waals surface area contributed by atoms with Gasteiger partial charge in [0.1, 0.15) is 5.75 Å². The number of nitrogens with zero attached hydrogens (tertiary/aromatic N) is 2. The molecule has 0 saturated heterocycles. The topological polar surface area (TPSA) is 90.4 Å². The SMILES string of the molecule is Cc1cc(C(=O)NN=Cc2cc(C(C)(C)C)c(O)c(C(C)(C)C)c2)n[nH]1. The molecule has 6 heteroatoms. The molecule has 6 nitrogen and oxygen atoms in total. The number of rotatable bonds is 3. The zero-order chi connectivity index (χ0) is 19.7. The number of hydrogen-bond donors (Lipinski definition) is 3. The number of hydrazone groups is 1. The Bertz CT molecular complexity index is 801. The Kier molecular flexibility index (Phi) is 5.26. The van der Waals surface area contributed by atoms with Crippen LogP contribution in [0.15, 0.2) is 23.3 Å². The first-order valence-corrected chi connectivity index (χ1v) is 8.63. The summed E-state index contributed by atoms with van der Waals surface area (Å²) in [4.78, 5) is 12.0. The second-order valence-electron chi connectivity index (χ2n) is 8.60. The summed E-state index contributed by atoms with van der Waals surface area (Å²) in [5.74, 6) is -0.0605. The third-order valence-corrected chi connectivity index (χ3v) is 4.07. The molecule has 1 aromatic carbocycles. The van der Waals surface area contributed by atoms with Gasteiger partial charge < -0.3 is 5.11 Å². The third kappa shape index (κ3) is 4.50. The Balaban J connectivity index is 2.32. The van der Waals surface area contributed by atoms with E-state index >= 15 is 0 Å². The molecule has 0 spiro atoms. The molecule has 0 bridgehead atoms. The van der Waals surface area contributed by atoms with Gasteiger partial charge in [0.2, 0.25) is 0 Å². The standard InChI is InChI=1S/C20H28N4O2/c1-12-8-16(23-22-12)18(26)24-21-11-13-9-14(19(2,3)4)17(25)15(10-13)20(5,6)7/h8-11,25H,1-7H3,(H,22,23)(H,24,26). The van der Waals surface area contributed by atoms with Crippen molar-refractivity contribution in [3.8, 4) is 5.75 Å². The van der Waals surface area contributed by atoms with Crippen LogP contribution >= 0.6 is 0 Å². The van der Waals surface area contributed by atoms with Gasteiger partial charge in [0, 0.05) is 16.8 Å². The summed E-state index contributed by atoms with van der Waals surface area (Å²) < 4.78 is 0. The average molecular weight is 356 g/mol. The first-order chi connectivity index (χ1) is 11.9. The smallest absolute Gasteiger partial charge is 0.291 e. The lowest BCUT2D eigenvalue weighted by molar-refractivity contribution is 0.0950. The Morgan fingerprint density at radius 2 is 1.65 bits per heavy atom. The molecule has 0 aliphatic carbocycles. The van der Waals surface area contributed by atoms with Crippen LogP contribution in [0.3, 0.4) is 0 Å². The summed E-state index contributed by atoms with van der Waals surface area (Å²) in [6.45, 7) is 14.1. The molecule has 140 valence electrons. The van der Waals surface area contributed by atoms with Crippen LogP contribution in [0.2, 0.25) is 0 Å². The van der Waals surface area contributed by atoms with Crippen molar-refractivity contribution in [2.45, 2.75) is 59.3 Å². The Morgan fingerprint density at radius 1 is 1.12 bits per heavy atom. The second kappa shape index (κ2) is 6.94. The third-order valence-electron chi connectivity index (χ3n) is 4.07. The number of aromatic amines is 1. The molecule has 0 atom stereocenters. The number of aromatic hydroxyl groups is 1. The Morgan fingerprint density at radius 3 is 2.08 bits per heavy atom. The van der Waals surface area contributed by atoms with Gasteiger partial charge in [-0.2, -0.15) is 10.2 Å². The predicted octanol–water partition coefficient (Wildman–Crippen LogP) is 3.78. The Hall–Kier alpha value is -2.63. The van der Waals surface area contributed by atoms with Gasteiger partial charge in [0.15, 0.2) is 5.69 Å². The molecule has 0 unspecified atom stereocenters. The highest BCUT2D eigenvalue weighted by Crippen LogP contribution is 2.39. The number of phenols is 1. The minimum atomic E-state index is -0.378. The van der Waals surface area contributed by atoms with Gasteiger partial charge in [-0.15, -0.1) is 0 Å². The number of carbonyl (C=O) groups is 1. The van der Waals surface area contributed by atoms with Crippen LogP contribution in [0.25, 0.3) is 0 Å². The van der Waals surface area contributed by atoms with Crippen LogP contribution in [0, 0.1) is 6.92 Å². The molecule has 0 saturated carbocycles. The first kappa shape index (κ1) is 19.7. The number of nitrogens with one attached hydrogen (secondary N) is 2. The van der Waals surface area contributed by atoms with Gasteiger partial charge in [0.25, 0.3) is 5.91 Å². The van der Waals surface area contributed by atoms with Crippen molar-refractivity contribution < 1.29 is 9.90 Å². The molecule has 0 aliphatic heterocycles. The van der Waals surface area contributed by atoms with Gasteiger partial charge in [-0.25, -0.2) is 5.43 Å². The zero-order valence-corrected chi connectivity index (χ0v) is 16.6. The maximum Gasteiger partial charge on any atom is 0.291 e. The number of benzene rings is 1. The van der Waals surface area contributed by atoms with Crippen LogP contribution in [-0.4, -0.2) is 27.4 Å². The van der Waals surface area contributed by atoms with E-state index < -0.39 is 0 Å². The maximum absolute atomic E-state index is 12.0. The van der Waals surface area contributed by atoms with E-state index in [0.717, 1.165) is 22.4 Å². The number of H-pyrrole nitrogens is 1. The fourth-order valence-electron chi connectivity index (χ4n) is 2.63. The summed E-state index contributed by atoms with van der Waals surface area (Å²) in [5.41, 5.74) is 5.65. The van der Waals surface area contributed by atoms with Crippen molar-refractivity contribution in [1.29, 1.82) is 0 Å². The molecule has 2 rings (SSSR count). The van der Waals surface area contributed by atoms with Gasteiger partial charge in [-0.05, 0) is 41.5 Å². The van der Waals surface area contributed by atoms with Crippen LogP contribution in [-0.2, 0) is 10.8 Å². The quantitative estimate of drug-likeness (QED) is 0.577. The molecular formula is C20H28N4O2. The first-order valence-electron chi connectivity index (χ1n) is 8.63. The van der Waals surface area contributed by atoms with Crippen molar-refractivity contribution in [2.75, 3.05) is 0 Å². The lowest BCUT2D eigenvalue weighted by Crippen LogP contribution is -2.19. The van der Waals surface area contributed by atoms with E-state index in [-0.39, 0.29) is 22.4 Å². The van der Waals surface area contributed by atoms with Gasteiger partial charge >= 0.3 is 0 Å². The van der Waals surface area contributed by atoms with Gasteiger partial charge in [0.05, 0.1) is 6.21 Å². The van der Waals surface area contributed by atoms with E-state index in [4.69, 9.17) is 0 Å². The largest absolute Gasteiger partial charge is 0.507 e. The zero-order valence-electron chi connectivity index (χ0n) is 16.6. The van der Waals surface area contributed by atoms with Crippen LogP contribution < -0.4 is 5.43 Å². The molecule has 1 aromatic heterocycles. The van der Waals surface area contributed by atoms with Gasteiger partial charge in [-0.1, -0.05) is 41.5 Å². The van der Waals surface area contributed by atoms with Crippen molar-refractivity contribution >= 4 is 12.1 Å². The average Bonchev–Trinajstić information content (AvgIpc) is 2.93. The number of aromatic nitrogens is 2. The number of carbonyl (C=O) groups excluding carboxylic acids is 1. The monoisotopic (exact) mass is 356 g/mol. The summed E-state index contributed by atoms with van der Waals surface area (Å²) in [5, 5.41) is 21.4. The van der Waals surface area contributed by atoms with E-state index in [1.807, 2.05) is 19.1 Å². The van der Waals surface area contributed by atoms with Crippen molar-refractivity contribution in [3.63, 3.8) is 0 Å². The maximum atomic E-state index is 12.0. The lowest BCUT2D eigenvalue weighted by atomic mass is 9.78. The molecule has 0 aliphatic rings. The highest BCUT2D eigenvalue weighted by Gasteiger charge is 2.26. The molecule has 2 aromatic rings. The number of hydrogen-bond acceptors (Lipinski definition) is 4. The van der Waals surface area contributed by atoms with Crippen LogP contribution in [0.5, 0.6) is 5.75 Å². The van der Waals surface area contributed by atoms with Crippen LogP contribution in [0.1, 0.15) is 74.4 Å². The molecule has 0 radical (unpaired) electrons. The summed E-state index contributed by atoms with van der Waals surface area (Å²) >= 11 is 0. The highest BCUT2D eigenvalue weighted by molar-refractivity contribution is 5.93. The van der Waals surface area contributed by atoms with E-state index in [0.29, 0.717) is 5.75 Å². The highest BCUT2D eigenvalue weighted by atomic mass is 16.3. The van der Waals surface area contributed by atoms with E-state index in [1.165, 1.54) is 0 Å². The molecule has 0 fully saturated rings. The van der Waals surface area contributed by atoms with Crippen LogP contribution in [0.4, 0.5) is 0 Å². The summed E-state index contributed by atoms with van der Waals surface area (Å²) in [6, 6.07) is 5.46. The van der Waals surface area contributed by atoms with E-state index in [9.17, 15) is 9.90 Å². The molecule has 26 heavy (non-hydrogen) atoms. The minimum absolute atomic E-state index is 0.219. The van der Waals surface area contributed by atoms with E-state index in [2.05, 4.69) is 62.3 Å². The van der Waals surface area contributed by atoms with Crippen molar-refractivity contribution in [3.05, 3.63) is 46.3 Å². The molecular weight excluding hydrogens is 328 g/mol. The van der Waals surface area contributed by atoms with Gasteiger partial charge in [-0.3, -0.25) is 9.89 Å². The fraction of sp³-hybridized carbons (Fsp3) is 0.450. The second-order valence-corrected chi connectivity index (χ2v) is 8.60. The van der Waals surface area contributed by atoms with Crippen molar-refractivity contribution in [2.24, 2.45) is 5.10 Å². The number of phenolic OH excluding ortho intramolecular Hbond substituents is 1. The fourth-order valence-corrected chi connectivity index (χ4v) is 2.63. The molecule has 1 heterocycles. The van der Waals surface area contributed by atoms with Crippen molar-refractivity contribution in [1.82, 2.24) is 15.6 Å². The lowest BCUT2D eigenvalue weighted by Gasteiger charge is -2.27. The summed E-state index contributed by atoms with van der Waals surface area (Å²) in [7, 11) is 0. The predicted molar refractivity (Wildman–Crippen MR) is 104 cm³/mol. The molecule has 3 N–H and O–H groups in total. The summed E-state index contributed by atoms with van der Waals surface area (Å²) in [6.07, 6.45) is 1.58. The van der Waals surface area contributed by atoms with E-state index in [1.54, 1.807) is 12.3 Å². The molecule has 1 amide bonds. The number of aryl methyl sites for hydroxylation is 1. The normalized spacial score (nSPS) is 12.6. The number of amides is 1.